The van der Waals surface area contributed by atoms with Crippen LogP contribution in [0.2, 0.25) is 27.3 Å². The summed E-state index contributed by atoms with van der Waals surface area (Å²) in [6.07, 6.45) is -0.935. The molecule has 2 aliphatic rings. The van der Waals surface area contributed by atoms with Crippen molar-refractivity contribution in [3.05, 3.63) is 11.5 Å². The van der Waals surface area contributed by atoms with Crippen LogP contribution in [0.1, 0.15) is 61.6 Å². The summed E-state index contributed by atoms with van der Waals surface area (Å²) in [5, 5.41) is 0.117. The largest absolute Gasteiger partial charge is 0.414 e. The maximum Gasteiger partial charge on any atom is 0.335 e. The van der Waals surface area contributed by atoms with Crippen LogP contribution in [0.25, 0.3) is 11.2 Å². The van der Waals surface area contributed by atoms with Gasteiger partial charge in [0, 0.05) is 0 Å². The molecule has 0 amide bonds. The Morgan fingerprint density at radius 3 is 2.20 bits per heavy atom. The van der Waals surface area contributed by atoms with Gasteiger partial charge in [-0.05, 0) is 22.2 Å². The number of ketones is 1. The molecular weight excluding hydrogens is 506 g/mol. The maximum absolute atomic E-state index is 13.8. The number of anilines is 1. The van der Waals surface area contributed by atoms with E-state index >= 15 is 0 Å². The van der Waals surface area contributed by atoms with Crippen LogP contribution < -0.4 is 5.73 Å². The lowest BCUT2D eigenvalue weighted by molar-refractivity contribution is -0.130. The van der Waals surface area contributed by atoms with E-state index in [0.717, 1.165) is 0 Å². The molecule has 2 aromatic rings. The molecule has 35 heavy (non-hydrogen) atoms. The minimum absolute atomic E-state index is 0.00983. The van der Waals surface area contributed by atoms with E-state index < -0.39 is 35.6 Å². The van der Waals surface area contributed by atoms with Gasteiger partial charge >= 0.3 is 17.1 Å². The molecule has 13 heteroatoms. The number of fused-ring (bicyclic) bond motifs is 2. The first-order valence-corrected chi connectivity index (χ1v) is 16.5. The Hall–Kier alpha value is -1.42. The zero-order valence-electron chi connectivity index (χ0n) is 21.6. The van der Waals surface area contributed by atoms with Crippen molar-refractivity contribution in [2.24, 2.45) is 0 Å². The lowest BCUT2D eigenvalue weighted by Gasteiger charge is -2.50. The van der Waals surface area contributed by atoms with Gasteiger partial charge in [-0.1, -0.05) is 67.0 Å². The summed E-state index contributed by atoms with van der Waals surface area (Å²) in [7, 11) is -5.69. The summed E-state index contributed by atoms with van der Waals surface area (Å²) in [5.74, 6) is -0.236. The number of halogens is 1. The van der Waals surface area contributed by atoms with E-state index in [4.69, 9.17) is 35.0 Å². The van der Waals surface area contributed by atoms with Crippen molar-refractivity contribution in [1.82, 2.24) is 19.5 Å². The number of imidazole rings is 1. The molecule has 0 aliphatic carbocycles. The Labute approximate surface area is 213 Å². The SMILES string of the molecule is CC(C)[Si]1(C(C)C)OC[C@H]2O[C@@H](n3cnc4c(Cl)nc(N)nc43)C(=O)[C@@H]2O[Si](C(C)C)(C(C)C)O1. The van der Waals surface area contributed by atoms with Crippen molar-refractivity contribution in [2.45, 2.75) is 96.0 Å². The smallest absolute Gasteiger partial charge is 0.335 e. The van der Waals surface area contributed by atoms with Gasteiger partial charge in [0.15, 0.2) is 17.0 Å². The van der Waals surface area contributed by atoms with Gasteiger partial charge in [-0.25, -0.2) is 4.98 Å². The van der Waals surface area contributed by atoms with Crippen molar-refractivity contribution in [1.29, 1.82) is 0 Å². The molecule has 194 valence electrons. The molecule has 2 fully saturated rings. The molecule has 4 heterocycles. The number of carbonyl (C=O) groups is 1. The fourth-order valence-electron chi connectivity index (χ4n) is 5.28. The zero-order chi connectivity index (χ0) is 25.9. The van der Waals surface area contributed by atoms with E-state index in [1.165, 1.54) is 6.33 Å². The van der Waals surface area contributed by atoms with Gasteiger partial charge in [0.1, 0.15) is 17.7 Å². The Bertz CT molecular complexity index is 1100. The minimum atomic E-state index is -2.95. The Balaban J connectivity index is 1.79. The molecule has 0 unspecified atom stereocenters. The maximum atomic E-state index is 13.8. The Kier molecular flexibility index (Phi) is 7.21. The van der Waals surface area contributed by atoms with E-state index in [2.05, 4.69) is 70.3 Å². The van der Waals surface area contributed by atoms with Gasteiger partial charge < -0.3 is 23.4 Å². The Morgan fingerprint density at radius 1 is 1.03 bits per heavy atom. The molecule has 10 nitrogen and oxygen atoms in total. The van der Waals surface area contributed by atoms with Gasteiger partial charge in [-0.2, -0.15) is 9.97 Å². The normalized spacial score (nSPS) is 26.7. The number of ether oxygens (including phenoxy) is 1. The summed E-state index contributed by atoms with van der Waals surface area (Å²) in [4.78, 5) is 26.3. The fraction of sp³-hybridized carbons (Fsp3) is 0.727. The number of nitrogens with two attached hydrogens (primary N) is 1. The first-order valence-electron chi connectivity index (χ1n) is 12.2. The quantitative estimate of drug-likeness (QED) is 0.430. The first-order chi connectivity index (χ1) is 16.3. The van der Waals surface area contributed by atoms with Crippen molar-refractivity contribution < 1.29 is 22.5 Å². The van der Waals surface area contributed by atoms with E-state index in [9.17, 15) is 4.79 Å². The highest BCUT2D eigenvalue weighted by Crippen LogP contribution is 2.47. The standard InChI is InChI=1S/C22H36ClN5O5Si2/c1-11(2)34(12(3)4)30-9-15-18(32-35(33-34,13(5)6)14(7)8)17(29)21(31-15)28-10-25-16-19(23)26-22(24)27-20(16)28/h10-15,18,21H,9H2,1-8H3,(H2,24,26,27)/t15-,18-,21-/m1/s1. The van der Waals surface area contributed by atoms with E-state index in [1.807, 2.05) is 0 Å². The van der Waals surface area contributed by atoms with Crippen molar-refractivity contribution in [3.8, 4) is 0 Å². The molecule has 3 atom stereocenters. The van der Waals surface area contributed by atoms with Crippen LogP contribution in [0.5, 0.6) is 0 Å². The lowest BCUT2D eigenvalue weighted by Crippen LogP contribution is -2.65. The van der Waals surface area contributed by atoms with Crippen molar-refractivity contribution in [3.63, 3.8) is 0 Å². The zero-order valence-corrected chi connectivity index (χ0v) is 24.4. The van der Waals surface area contributed by atoms with Crippen LogP contribution in [0.15, 0.2) is 6.33 Å². The monoisotopic (exact) mass is 541 g/mol. The lowest BCUT2D eigenvalue weighted by atomic mass is 10.1. The average Bonchev–Trinajstić information content (AvgIpc) is 3.28. The first kappa shape index (κ1) is 26.6. The molecule has 0 bridgehead atoms. The second-order valence-electron chi connectivity index (χ2n) is 10.6. The third kappa shape index (κ3) is 4.26. The summed E-state index contributed by atoms with van der Waals surface area (Å²) in [5.41, 5.74) is 7.07. The predicted molar refractivity (Wildman–Crippen MR) is 137 cm³/mol. The molecule has 2 aromatic heterocycles. The number of nitrogen functional groups attached to an aromatic ring is 1. The molecule has 0 spiro atoms. The fourth-order valence-corrected chi connectivity index (χ4v) is 16.7. The van der Waals surface area contributed by atoms with Gasteiger partial charge in [0.2, 0.25) is 11.7 Å². The highest BCUT2D eigenvalue weighted by Gasteiger charge is 2.61. The van der Waals surface area contributed by atoms with Gasteiger partial charge in [0.25, 0.3) is 0 Å². The second-order valence-corrected chi connectivity index (χ2v) is 19.8. The van der Waals surface area contributed by atoms with E-state index in [0.29, 0.717) is 11.2 Å². The molecule has 0 saturated carbocycles. The van der Waals surface area contributed by atoms with Crippen LogP contribution in [0.3, 0.4) is 0 Å². The summed E-state index contributed by atoms with van der Waals surface area (Å²) >= 11 is 6.20. The van der Waals surface area contributed by atoms with Gasteiger partial charge in [-0.15, -0.1) is 0 Å². The number of carbonyl (C=O) groups excluding carboxylic acids is 1. The highest BCUT2D eigenvalue weighted by molar-refractivity contribution is 6.84. The average molecular weight is 542 g/mol. The predicted octanol–water partition coefficient (Wildman–Crippen LogP) is 4.48. The molecule has 0 aromatic carbocycles. The number of rotatable bonds is 5. The third-order valence-corrected chi connectivity index (χ3v) is 17.6. The molecule has 2 saturated heterocycles. The van der Waals surface area contributed by atoms with Crippen LogP contribution in [-0.4, -0.2) is 61.2 Å². The number of hydrogen-bond donors (Lipinski definition) is 1. The van der Waals surface area contributed by atoms with Crippen molar-refractivity contribution in [2.75, 3.05) is 12.3 Å². The third-order valence-electron chi connectivity index (χ3n) is 7.14. The highest BCUT2D eigenvalue weighted by atomic mass is 35.5. The van der Waals surface area contributed by atoms with Gasteiger partial charge in [0.05, 0.1) is 12.9 Å². The number of nitrogens with zero attached hydrogens (tertiary/aromatic N) is 4. The molecule has 2 N–H and O–H groups in total. The van der Waals surface area contributed by atoms with Crippen LogP contribution >= 0.6 is 11.6 Å². The van der Waals surface area contributed by atoms with Gasteiger partial charge in [-0.3, -0.25) is 9.36 Å². The second kappa shape index (κ2) is 9.47. The molecule has 4 rings (SSSR count). The molecule has 2 aliphatic heterocycles. The van der Waals surface area contributed by atoms with Crippen LogP contribution in [0, 0.1) is 0 Å². The van der Waals surface area contributed by atoms with Crippen LogP contribution in [-0.2, 0) is 22.5 Å². The number of aromatic nitrogens is 4. The summed E-state index contributed by atoms with van der Waals surface area (Å²) in [6, 6.07) is 0. The molecule has 0 radical (unpaired) electrons. The van der Waals surface area contributed by atoms with Crippen molar-refractivity contribution >= 4 is 51.6 Å². The molecular formula is C22H36ClN5O5Si2. The van der Waals surface area contributed by atoms with E-state index in [1.54, 1.807) is 4.57 Å². The number of hydrogen-bond acceptors (Lipinski definition) is 9. The minimum Gasteiger partial charge on any atom is -0.414 e. The topological polar surface area (TPSA) is 124 Å². The Morgan fingerprint density at radius 2 is 1.63 bits per heavy atom. The summed E-state index contributed by atoms with van der Waals surface area (Å²) in [6.45, 7) is 17.3. The summed E-state index contributed by atoms with van der Waals surface area (Å²) < 4.78 is 28.6. The number of Topliss-reactive ketones (excluding diaryl/α,β-unsaturated/α-hetero) is 1. The van der Waals surface area contributed by atoms with E-state index in [-0.39, 0.29) is 45.7 Å². The van der Waals surface area contributed by atoms with Crippen LogP contribution in [0.4, 0.5) is 5.95 Å².